The van der Waals surface area contributed by atoms with E-state index in [0.717, 1.165) is 43.7 Å². The molecule has 3 aromatic rings. The first-order valence-electron chi connectivity index (χ1n) is 10.2. The number of nitrogens with zero attached hydrogens (tertiary/aromatic N) is 4. The van der Waals surface area contributed by atoms with Gasteiger partial charge in [0, 0.05) is 56.8 Å². The summed E-state index contributed by atoms with van der Waals surface area (Å²) in [5, 5.41) is 7.25. The number of hydrogen-bond acceptors (Lipinski definition) is 4. The van der Waals surface area contributed by atoms with E-state index in [-0.39, 0.29) is 5.91 Å². The summed E-state index contributed by atoms with van der Waals surface area (Å²) in [6.07, 6.45) is 8.25. The van der Waals surface area contributed by atoms with Gasteiger partial charge in [0.2, 0.25) is 0 Å². The molecule has 1 aliphatic rings. The molecule has 2 aromatic heterocycles. The molecule has 0 saturated carbocycles. The van der Waals surface area contributed by atoms with Crippen LogP contribution in [0.4, 0.5) is 0 Å². The van der Waals surface area contributed by atoms with Crippen LogP contribution < -0.4 is 5.32 Å². The number of aromatic amines is 1. The smallest absolute Gasteiger partial charge is 0.251 e. The Balaban J connectivity index is 1.27. The standard InChI is InChI=1S/C22H28N6O/c1-27-21(6-9-26-27)15-28-10-7-18(14-28)11-17-3-2-4-19(12-17)22(29)24-8-5-20-13-23-16-25-20/h2-4,6,9,12-13,16,18H,5,7-8,10-11,14-15H2,1H3,(H,23,25)(H,24,29). The fourth-order valence-electron chi connectivity index (χ4n) is 4.02. The first-order valence-corrected chi connectivity index (χ1v) is 10.2. The number of aryl methyl sites for hydroxylation is 1. The van der Waals surface area contributed by atoms with Crippen LogP contribution in [0.3, 0.4) is 0 Å². The number of hydrogen-bond donors (Lipinski definition) is 2. The van der Waals surface area contributed by atoms with Crippen molar-refractivity contribution < 1.29 is 4.79 Å². The lowest BCUT2D eigenvalue weighted by Crippen LogP contribution is -2.26. The predicted octanol–water partition coefficient (Wildman–Crippen LogP) is 2.18. The lowest BCUT2D eigenvalue weighted by atomic mass is 9.97. The normalized spacial score (nSPS) is 16.9. The van der Waals surface area contributed by atoms with E-state index in [1.54, 1.807) is 12.5 Å². The van der Waals surface area contributed by atoms with E-state index < -0.39 is 0 Å². The SMILES string of the molecule is Cn1nccc1CN1CCC(Cc2cccc(C(=O)NCCc3cnc[nH]3)c2)C1. The summed E-state index contributed by atoms with van der Waals surface area (Å²) in [6, 6.07) is 10.1. The van der Waals surface area contributed by atoms with Crippen LogP contribution in [0.2, 0.25) is 0 Å². The van der Waals surface area contributed by atoms with E-state index in [0.29, 0.717) is 12.5 Å². The van der Waals surface area contributed by atoms with Gasteiger partial charge >= 0.3 is 0 Å². The van der Waals surface area contributed by atoms with Crippen molar-refractivity contribution in [2.45, 2.75) is 25.8 Å². The number of imidazole rings is 1. The highest BCUT2D eigenvalue weighted by Crippen LogP contribution is 2.23. The molecule has 7 nitrogen and oxygen atoms in total. The van der Waals surface area contributed by atoms with Crippen molar-refractivity contribution in [2.75, 3.05) is 19.6 Å². The topological polar surface area (TPSA) is 78.8 Å². The van der Waals surface area contributed by atoms with Gasteiger partial charge in [-0.1, -0.05) is 12.1 Å². The highest BCUT2D eigenvalue weighted by atomic mass is 16.1. The number of aromatic nitrogens is 4. The number of H-pyrrole nitrogens is 1. The van der Waals surface area contributed by atoms with Crippen LogP contribution in [0.1, 0.15) is 33.7 Å². The maximum atomic E-state index is 12.5. The third-order valence-electron chi connectivity index (χ3n) is 5.63. The second-order valence-electron chi connectivity index (χ2n) is 7.82. The van der Waals surface area contributed by atoms with Gasteiger partial charge in [-0.15, -0.1) is 0 Å². The number of amides is 1. The summed E-state index contributed by atoms with van der Waals surface area (Å²) in [4.78, 5) is 22.0. The van der Waals surface area contributed by atoms with Crippen molar-refractivity contribution in [3.8, 4) is 0 Å². The summed E-state index contributed by atoms with van der Waals surface area (Å²) in [6.45, 7) is 3.75. The molecule has 1 unspecified atom stereocenters. The van der Waals surface area contributed by atoms with Crippen molar-refractivity contribution in [3.63, 3.8) is 0 Å². The highest BCUT2D eigenvalue weighted by Gasteiger charge is 2.23. The number of carbonyl (C=O) groups is 1. The maximum absolute atomic E-state index is 12.5. The van der Waals surface area contributed by atoms with Gasteiger partial charge in [-0.25, -0.2) is 4.98 Å². The number of benzene rings is 1. The van der Waals surface area contributed by atoms with Crippen molar-refractivity contribution >= 4 is 5.91 Å². The molecule has 0 bridgehead atoms. The minimum absolute atomic E-state index is 0.0179. The van der Waals surface area contributed by atoms with Crippen LogP contribution in [-0.4, -0.2) is 50.2 Å². The molecule has 1 saturated heterocycles. The fourth-order valence-corrected chi connectivity index (χ4v) is 4.02. The summed E-state index contributed by atoms with van der Waals surface area (Å²) < 4.78 is 1.95. The predicted molar refractivity (Wildman–Crippen MR) is 111 cm³/mol. The van der Waals surface area contributed by atoms with Crippen molar-refractivity contribution in [1.29, 1.82) is 0 Å². The first kappa shape index (κ1) is 19.4. The first-order chi connectivity index (χ1) is 14.2. The molecule has 1 fully saturated rings. The molecule has 0 spiro atoms. The molecule has 4 rings (SSSR count). The fraction of sp³-hybridized carbons (Fsp3) is 0.409. The molecule has 2 N–H and O–H groups in total. The Morgan fingerprint density at radius 3 is 3.07 bits per heavy atom. The van der Waals surface area contributed by atoms with Gasteiger partial charge in [-0.3, -0.25) is 14.4 Å². The van der Waals surface area contributed by atoms with Gasteiger partial charge in [-0.05, 0) is 49.1 Å². The zero-order chi connectivity index (χ0) is 20.1. The van der Waals surface area contributed by atoms with Crippen LogP contribution in [0.15, 0.2) is 49.1 Å². The van der Waals surface area contributed by atoms with Crippen molar-refractivity contribution in [1.82, 2.24) is 30.0 Å². The van der Waals surface area contributed by atoms with Crippen LogP contribution in [0, 0.1) is 5.92 Å². The Morgan fingerprint density at radius 1 is 1.34 bits per heavy atom. The minimum atomic E-state index is -0.0179. The second kappa shape index (κ2) is 9.05. The van der Waals surface area contributed by atoms with Gasteiger partial charge < -0.3 is 10.3 Å². The van der Waals surface area contributed by atoms with Gasteiger partial charge in [0.05, 0.1) is 12.0 Å². The van der Waals surface area contributed by atoms with Crippen molar-refractivity contribution in [2.24, 2.45) is 13.0 Å². The lowest BCUT2D eigenvalue weighted by Gasteiger charge is -2.16. The summed E-state index contributed by atoms with van der Waals surface area (Å²) in [5.74, 6) is 0.609. The van der Waals surface area contributed by atoms with E-state index in [9.17, 15) is 4.79 Å². The number of carbonyl (C=O) groups excluding carboxylic acids is 1. The molecule has 152 valence electrons. The number of likely N-dealkylation sites (tertiary alicyclic amines) is 1. The monoisotopic (exact) mass is 392 g/mol. The van der Waals surface area contributed by atoms with E-state index in [1.807, 2.05) is 36.1 Å². The summed E-state index contributed by atoms with van der Waals surface area (Å²) in [5.41, 5.74) is 4.24. The summed E-state index contributed by atoms with van der Waals surface area (Å²) in [7, 11) is 1.99. The molecule has 3 heterocycles. The molecule has 29 heavy (non-hydrogen) atoms. The second-order valence-corrected chi connectivity index (χ2v) is 7.82. The molecule has 1 atom stereocenters. The van der Waals surface area contributed by atoms with E-state index >= 15 is 0 Å². The molecule has 1 aromatic carbocycles. The highest BCUT2D eigenvalue weighted by molar-refractivity contribution is 5.94. The Kier molecular flexibility index (Phi) is 6.05. The van der Waals surface area contributed by atoms with Gasteiger partial charge in [0.25, 0.3) is 5.91 Å². The Morgan fingerprint density at radius 2 is 2.28 bits per heavy atom. The minimum Gasteiger partial charge on any atom is -0.352 e. The van der Waals surface area contributed by atoms with Gasteiger partial charge in [0.15, 0.2) is 0 Å². The van der Waals surface area contributed by atoms with Crippen LogP contribution in [0.5, 0.6) is 0 Å². The van der Waals surface area contributed by atoms with Crippen LogP contribution in [-0.2, 0) is 26.4 Å². The Bertz CT molecular complexity index is 932. The van der Waals surface area contributed by atoms with Gasteiger partial charge in [0.1, 0.15) is 0 Å². The quantitative estimate of drug-likeness (QED) is 0.616. The van der Waals surface area contributed by atoms with E-state index in [2.05, 4.69) is 37.4 Å². The molecule has 7 heteroatoms. The van der Waals surface area contributed by atoms with Gasteiger partial charge in [-0.2, -0.15) is 5.10 Å². The maximum Gasteiger partial charge on any atom is 0.251 e. The van der Waals surface area contributed by atoms with E-state index in [4.69, 9.17) is 0 Å². The molecule has 0 aliphatic carbocycles. The molecule has 0 radical (unpaired) electrons. The Labute approximate surface area is 171 Å². The molecular weight excluding hydrogens is 364 g/mol. The zero-order valence-electron chi connectivity index (χ0n) is 16.8. The average Bonchev–Trinajstić information content (AvgIpc) is 3.47. The third-order valence-corrected chi connectivity index (χ3v) is 5.63. The molecule has 1 amide bonds. The zero-order valence-corrected chi connectivity index (χ0v) is 16.8. The average molecular weight is 393 g/mol. The summed E-state index contributed by atoms with van der Waals surface area (Å²) >= 11 is 0. The lowest BCUT2D eigenvalue weighted by molar-refractivity contribution is 0.0954. The van der Waals surface area contributed by atoms with Crippen LogP contribution >= 0.6 is 0 Å². The van der Waals surface area contributed by atoms with E-state index in [1.165, 1.54) is 17.7 Å². The third kappa shape index (κ3) is 5.12. The van der Waals surface area contributed by atoms with Crippen LogP contribution in [0.25, 0.3) is 0 Å². The molecular formula is C22H28N6O. The molecule has 1 aliphatic heterocycles. The number of nitrogens with one attached hydrogen (secondary N) is 2. The Hall–Kier alpha value is -2.93. The number of rotatable bonds is 8. The largest absolute Gasteiger partial charge is 0.352 e. The van der Waals surface area contributed by atoms with Crippen molar-refractivity contribution in [3.05, 3.63) is 71.6 Å².